The second kappa shape index (κ2) is 10.3. The normalized spacial score (nSPS) is 18.7. The maximum Gasteiger partial charge on any atom is 0.243 e. The summed E-state index contributed by atoms with van der Waals surface area (Å²) in [6.07, 6.45) is 3.55. The molecule has 2 heterocycles. The lowest BCUT2D eigenvalue weighted by molar-refractivity contribution is -0.126. The molecule has 32 heavy (non-hydrogen) atoms. The van der Waals surface area contributed by atoms with Crippen LogP contribution in [0.3, 0.4) is 0 Å². The average molecular weight is 476 g/mol. The van der Waals surface area contributed by atoms with Crippen LogP contribution in [-0.4, -0.2) is 49.7 Å². The van der Waals surface area contributed by atoms with E-state index in [1.165, 1.54) is 34.8 Å². The highest BCUT2D eigenvalue weighted by Gasteiger charge is 2.32. The van der Waals surface area contributed by atoms with Gasteiger partial charge >= 0.3 is 0 Å². The lowest BCUT2D eigenvalue weighted by Gasteiger charge is -2.30. The number of carbonyl (C=O) groups is 1. The zero-order chi connectivity index (χ0) is 22.6. The molecule has 2 fully saturated rings. The first kappa shape index (κ1) is 23.2. The Labute approximate surface area is 195 Å². The maximum atomic E-state index is 12.8. The summed E-state index contributed by atoms with van der Waals surface area (Å²) in [6.45, 7) is 4.39. The molecule has 4 rings (SSSR count). The van der Waals surface area contributed by atoms with Crippen molar-refractivity contribution in [3.8, 4) is 0 Å². The van der Waals surface area contributed by atoms with E-state index in [9.17, 15) is 13.2 Å². The van der Waals surface area contributed by atoms with Gasteiger partial charge in [-0.1, -0.05) is 35.9 Å². The minimum Gasteiger partial charge on any atom is -0.352 e. The van der Waals surface area contributed by atoms with Crippen LogP contribution in [0.2, 0.25) is 5.02 Å². The van der Waals surface area contributed by atoms with Crippen LogP contribution in [0.25, 0.3) is 0 Å². The van der Waals surface area contributed by atoms with Gasteiger partial charge in [0.15, 0.2) is 0 Å². The predicted octanol–water partition coefficient (Wildman–Crippen LogP) is 3.65. The number of halogens is 1. The Balaban J connectivity index is 1.30. The topological polar surface area (TPSA) is 69.7 Å². The molecule has 172 valence electrons. The van der Waals surface area contributed by atoms with Gasteiger partial charge in [0.2, 0.25) is 15.9 Å². The van der Waals surface area contributed by atoms with Crippen LogP contribution < -0.4 is 5.32 Å². The third-order valence-corrected chi connectivity index (χ3v) is 8.61. The van der Waals surface area contributed by atoms with Crippen LogP contribution >= 0.6 is 11.6 Å². The van der Waals surface area contributed by atoms with Gasteiger partial charge in [-0.2, -0.15) is 4.31 Å². The van der Waals surface area contributed by atoms with E-state index < -0.39 is 10.0 Å². The summed E-state index contributed by atoms with van der Waals surface area (Å²) in [6, 6.07) is 14.5. The number of sulfonamides is 1. The summed E-state index contributed by atoms with van der Waals surface area (Å²) >= 11 is 5.87. The molecule has 1 N–H and O–H groups in total. The van der Waals surface area contributed by atoms with Crippen molar-refractivity contribution in [3.05, 3.63) is 64.7 Å². The minimum atomic E-state index is -3.56. The van der Waals surface area contributed by atoms with Crippen molar-refractivity contribution in [3.63, 3.8) is 0 Å². The Bertz CT molecular complexity index is 1030. The third-order valence-electron chi connectivity index (χ3n) is 6.44. The molecule has 2 aliphatic rings. The molecule has 0 bridgehead atoms. The van der Waals surface area contributed by atoms with Gasteiger partial charge in [0, 0.05) is 37.1 Å². The van der Waals surface area contributed by atoms with E-state index in [0.29, 0.717) is 37.5 Å². The summed E-state index contributed by atoms with van der Waals surface area (Å²) in [7, 11) is -3.56. The molecule has 2 saturated heterocycles. The number of hydrogen-bond acceptors (Lipinski definition) is 4. The first-order valence-corrected chi connectivity index (χ1v) is 13.1. The molecule has 1 amide bonds. The van der Waals surface area contributed by atoms with Crippen molar-refractivity contribution in [2.24, 2.45) is 5.92 Å². The second-order valence-corrected chi connectivity index (χ2v) is 11.0. The number of benzene rings is 2. The number of nitrogens with zero attached hydrogens (tertiary/aromatic N) is 2. The summed E-state index contributed by atoms with van der Waals surface area (Å²) in [5.41, 5.74) is 2.41. The van der Waals surface area contributed by atoms with Crippen molar-refractivity contribution in [2.75, 3.05) is 26.2 Å². The average Bonchev–Trinajstić information content (AvgIpc) is 3.32. The highest BCUT2D eigenvalue weighted by Crippen LogP contribution is 2.25. The number of nitrogens with one attached hydrogen (secondary N) is 1. The van der Waals surface area contributed by atoms with Gasteiger partial charge in [0.05, 0.1) is 4.90 Å². The monoisotopic (exact) mass is 475 g/mol. The molecule has 2 aliphatic heterocycles. The fraction of sp³-hybridized carbons (Fsp3) is 0.458. The molecule has 0 aromatic heterocycles. The number of likely N-dealkylation sites (tertiary alicyclic amines) is 1. The van der Waals surface area contributed by atoms with Gasteiger partial charge in [0.25, 0.3) is 0 Å². The number of amides is 1. The Morgan fingerprint density at radius 2 is 1.56 bits per heavy atom. The van der Waals surface area contributed by atoms with E-state index in [4.69, 9.17) is 11.6 Å². The highest BCUT2D eigenvalue weighted by atomic mass is 35.5. The van der Waals surface area contributed by atoms with Gasteiger partial charge in [-0.15, -0.1) is 0 Å². The molecule has 0 aliphatic carbocycles. The van der Waals surface area contributed by atoms with Crippen molar-refractivity contribution in [1.29, 1.82) is 0 Å². The zero-order valence-electron chi connectivity index (χ0n) is 18.2. The number of hydrogen-bond donors (Lipinski definition) is 1. The molecule has 0 unspecified atom stereocenters. The standard InChI is InChI=1S/C24H30ClN3O3S/c25-22-7-9-23(10-8-22)32(30,31)28-15-11-19(12-16-28)24(29)26-17-20-5-1-2-6-21(20)18-27-13-3-4-14-27/h1-2,5-10,19H,3-4,11-18H2,(H,26,29). The van der Waals surface area contributed by atoms with Crippen molar-refractivity contribution in [1.82, 2.24) is 14.5 Å². The van der Waals surface area contributed by atoms with Crippen LogP contribution in [0.4, 0.5) is 0 Å². The van der Waals surface area contributed by atoms with Crippen LogP contribution in [0.15, 0.2) is 53.4 Å². The van der Waals surface area contributed by atoms with Gasteiger partial charge in [-0.05, 0) is 74.2 Å². The number of piperidine rings is 1. The largest absolute Gasteiger partial charge is 0.352 e. The molecule has 2 aromatic rings. The van der Waals surface area contributed by atoms with Gasteiger partial charge < -0.3 is 5.32 Å². The van der Waals surface area contributed by atoms with Crippen molar-refractivity contribution in [2.45, 2.75) is 43.7 Å². The second-order valence-electron chi connectivity index (χ2n) is 8.60. The van der Waals surface area contributed by atoms with E-state index in [0.717, 1.165) is 25.2 Å². The van der Waals surface area contributed by atoms with Crippen LogP contribution in [0.1, 0.15) is 36.8 Å². The smallest absolute Gasteiger partial charge is 0.243 e. The fourth-order valence-corrected chi connectivity index (χ4v) is 6.10. The van der Waals surface area contributed by atoms with E-state index in [-0.39, 0.29) is 16.7 Å². The molecule has 2 aromatic carbocycles. The third kappa shape index (κ3) is 5.52. The molecule has 0 atom stereocenters. The molecule has 8 heteroatoms. The van der Waals surface area contributed by atoms with Crippen LogP contribution in [0, 0.1) is 5.92 Å². The maximum absolute atomic E-state index is 12.8. The van der Waals surface area contributed by atoms with Crippen molar-refractivity contribution >= 4 is 27.5 Å². The Morgan fingerprint density at radius 1 is 0.938 bits per heavy atom. The van der Waals surface area contributed by atoms with Gasteiger partial charge in [0.1, 0.15) is 0 Å². The fourth-order valence-electron chi connectivity index (χ4n) is 4.51. The van der Waals surface area contributed by atoms with Gasteiger partial charge in [-0.3, -0.25) is 9.69 Å². The summed E-state index contributed by atoms with van der Waals surface area (Å²) in [4.78, 5) is 15.5. The Morgan fingerprint density at radius 3 is 2.22 bits per heavy atom. The zero-order valence-corrected chi connectivity index (χ0v) is 19.7. The first-order valence-electron chi connectivity index (χ1n) is 11.3. The minimum absolute atomic E-state index is 0.00418. The van der Waals surface area contributed by atoms with Crippen LogP contribution in [-0.2, 0) is 27.9 Å². The Hall–Kier alpha value is -1.93. The summed E-state index contributed by atoms with van der Waals surface area (Å²) < 4.78 is 27.2. The number of rotatable bonds is 7. The van der Waals surface area contributed by atoms with Crippen LogP contribution in [0.5, 0.6) is 0 Å². The van der Waals surface area contributed by atoms with Crippen molar-refractivity contribution < 1.29 is 13.2 Å². The molecular formula is C24H30ClN3O3S. The molecule has 6 nitrogen and oxygen atoms in total. The predicted molar refractivity (Wildman–Crippen MR) is 126 cm³/mol. The Kier molecular flexibility index (Phi) is 7.51. The number of carbonyl (C=O) groups excluding carboxylic acids is 1. The van der Waals surface area contributed by atoms with E-state index in [1.807, 2.05) is 12.1 Å². The molecule has 0 radical (unpaired) electrons. The lowest BCUT2D eigenvalue weighted by atomic mass is 9.97. The SMILES string of the molecule is O=C(NCc1ccccc1CN1CCCC1)C1CCN(S(=O)(=O)c2ccc(Cl)cc2)CC1. The highest BCUT2D eigenvalue weighted by molar-refractivity contribution is 7.89. The van der Waals surface area contributed by atoms with Gasteiger partial charge in [-0.25, -0.2) is 8.42 Å². The van der Waals surface area contributed by atoms with E-state index >= 15 is 0 Å². The first-order chi connectivity index (χ1) is 15.4. The molecule has 0 saturated carbocycles. The molecular weight excluding hydrogens is 446 g/mol. The summed E-state index contributed by atoms with van der Waals surface area (Å²) in [5.74, 6) is -0.165. The quantitative estimate of drug-likeness (QED) is 0.663. The lowest BCUT2D eigenvalue weighted by Crippen LogP contribution is -2.42. The summed E-state index contributed by atoms with van der Waals surface area (Å²) in [5, 5.41) is 3.59. The van der Waals surface area contributed by atoms with E-state index in [2.05, 4.69) is 22.3 Å². The molecule has 0 spiro atoms. The van der Waals surface area contributed by atoms with E-state index in [1.54, 1.807) is 12.1 Å².